The van der Waals surface area contributed by atoms with Crippen LogP contribution in [0.25, 0.3) is 0 Å². The van der Waals surface area contributed by atoms with Gasteiger partial charge in [-0.05, 0) is 48.3 Å². The highest BCUT2D eigenvalue weighted by Gasteiger charge is 2.19. The largest absolute Gasteiger partial charge is 0.299 e. The lowest BCUT2D eigenvalue weighted by atomic mass is 9.86. The summed E-state index contributed by atoms with van der Waals surface area (Å²) in [5.41, 5.74) is 3.10. The van der Waals surface area contributed by atoms with Crippen LogP contribution < -0.4 is 0 Å². The average molecular weight is 294 g/mol. The van der Waals surface area contributed by atoms with Crippen LogP contribution in [0, 0.1) is 5.92 Å². The molecule has 0 aliphatic carbocycles. The Morgan fingerprint density at radius 2 is 1.90 bits per heavy atom. The number of hydrogen-bond donors (Lipinski definition) is 0. The monoisotopic (exact) mass is 293 g/mol. The molecule has 1 aliphatic heterocycles. The number of piperidine rings is 1. The van der Waals surface area contributed by atoms with Gasteiger partial charge in [-0.25, -0.2) is 0 Å². The van der Waals surface area contributed by atoms with E-state index in [-0.39, 0.29) is 5.41 Å². The van der Waals surface area contributed by atoms with Gasteiger partial charge in [0.05, 0.1) is 0 Å². The van der Waals surface area contributed by atoms with Gasteiger partial charge < -0.3 is 0 Å². The van der Waals surface area contributed by atoms with Gasteiger partial charge >= 0.3 is 0 Å². The van der Waals surface area contributed by atoms with Gasteiger partial charge in [0.2, 0.25) is 0 Å². The van der Waals surface area contributed by atoms with Gasteiger partial charge in [-0.1, -0.05) is 45.0 Å². The second-order valence-electron chi connectivity index (χ2n) is 7.17. The van der Waals surface area contributed by atoms with Gasteiger partial charge in [-0.3, -0.25) is 4.90 Å². The number of nitrogens with zero attached hydrogens (tertiary/aromatic N) is 1. The molecule has 1 fully saturated rings. The lowest BCUT2D eigenvalue weighted by Gasteiger charge is -2.32. The summed E-state index contributed by atoms with van der Waals surface area (Å²) in [6.07, 6.45) is 3.84. The van der Waals surface area contributed by atoms with Gasteiger partial charge in [0.1, 0.15) is 0 Å². The van der Waals surface area contributed by atoms with Crippen molar-refractivity contribution in [3.63, 3.8) is 0 Å². The molecule has 1 saturated heterocycles. The van der Waals surface area contributed by atoms with Crippen LogP contribution in [0.2, 0.25) is 0 Å². The molecule has 1 heterocycles. The molecule has 0 saturated carbocycles. The molecule has 112 valence electrons. The van der Waals surface area contributed by atoms with Gasteiger partial charge in [0.15, 0.2) is 0 Å². The van der Waals surface area contributed by atoms with Crippen molar-refractivity contribution in [3.05, 3.63) is 35.4 Å². The van der Waals surface area contributed by atoms with E-state index in [2.05, 4.69) is 49.9 Å². The summed E-state index contributed by atoms with van der Waals surface area (Å²) < 4.78 is 0. The van der Waals surface area contributed by atoms with Gasteiger partial charge in [-0.2, -0.15) is 0 Å². The second-order valence-corrected chi connectivity index (χ2v) is 7.55. The number of rotatable bonds is 4. The molecule has 1 aromatic carbocycles. The van der Waals surface area contributed by atoms with E-state index in [4.69, 9.17) is 11.6 Å². The molecule has 0 N–H and O–H groups in total. The highest BCUT2D eigenvalue weighted by molar-refractivity contribution is 6.17. The van der Waals surface area contributed by atoms with Crippen molar-refractivity contribution in [2.24, 2.45) is 5.92 Å². The fourth-order valence-corrected chi connectivity index (χ4v) is 3.36. The number of hydrogen-bond acceptors (Lipinski definition) is 1. The molecule has 1 nitrogen and oxygen atoms in total. The van der Waals surface area contributed by atoms with Crippen molar-refractivity contribution < 1.29 is 0 Å². The molecule has 0 bridgehead atoms. The Morgan fingerprint density at radius 3 is 2.50 bits per heavy atom. The fourth-order valence-electron chi connectivity index (χ4n) is 3.05. The van der Waals surface area contributed by atoms with E-state index in [1.807, 2.05) is 0 Å². The number of halogens is 1. The number of likely N-dealkylation sites (tertiary alicyclic amines) is 1. The van der Waals surface area contributed by atoms with Gasteiger partial charge in [-0.15, -0.1) is 11.6 Å². The third kappa shape index (κ3) is 4.49. The molecule has 1 aliphatic rings. The molecule has 0 radical (unpaired) electrons. The Balaban J connectivity index is 1.93. The minimum absolute atomic E-state index is 0.245. The molecule has 0 amide bonds. The van der Waals surface area contributed by atoms with Crippen LogP contribution in [0.5, 0.6) is 0 Å². The van der Waals surface area contributed by atoms with Crippen LogP contribution in [-0.2, 0) is 12.0 Å². The van der Waals surface area contributed by atoms with Crippen LogP contribution in [0.1, 0.15) is 51.2 Å². The number of alkyl halides is 1. The van der Waals surface area contributed by atoms with E-state index >= 15 is 0 Å². The van der Waals surface area contributed by atoms with Crippen molar-refractivity contribution in [1.82, 2.24) is 4.90 Å². The smallest absolute Gasteiger partial charge is 0.0233 e. The van der Waals surface area contributed by atoms with E-state index in [0.29, 0.717) is 0 Å². The molecular weight excluding hydrogens is 266 g/mol. The minimum Gasteiger partial charge on any atom is -0.299 e. The summed E-state index contributed by atoms with van der Waals surface area (Å²) in [5.74, 6) is 1.61. The summed E-state index contributed by atoms with van der Waals surface area (Å²) in [4.78, 5) is 2.59. The van der Waals surface area contributed by atoms with Crippen molar-refractivity contribution >= 4 is 11.6 Å². The van der Waals surface area contributed by atoms with Crippen molar-refractivity contribution in [1.29, 1.82) is 0 Å². The maximum Gasteiger partial charge on any atom is 0.0233 e. The normalized spacial score (nSPS) is 21.1. The van der Waals surface area contributed by atoms with Crippen molar-refractivity contribution in [2.45, 2.75) is 52.0 Å². The summed E-state index contributed by atoms with van der Waals surface area (Å²) >= 11 is 5.88. The SMILES string of the molecule is CC(C)(C)c1ccc(CN2CCCC(CCCl)C2)cc1. The quantitative estimate of drug-likeness (QED) is 0.719. The Bertz CT molecular complexity index is 402. The molecular formula is C18H28ClN. The van der Waals surface area contributed by atoms with E-state index < -0.39 is 0 Å². The summed E-state index contributed by atoms with van der Waals surface area (Å²) in [6, 6.07) is 9.17. The van der Waals surface area contributed by atoms with E-state index in [1.165, 1.54) is 43.5 Å². The predicted molar refractivity (Wildman–Crippen MR) is 88.5 cm³/mol. The lowest BCUT2D eigenvalue weighted by Crippen LogP contribution is -2.35. The van der Waals surface area contributed by atoms with Crippen LogP contribution in [-0.4, -0.2) is 23.9 Å². The third-order valence-electron chi connectivity index (χ3n) is 4.35. The molecule has 0 aromatic heterocycles. The summed E-state index contributed by atoms with van der Waals surface area (Å²) in [5, 5.41) is 0. The zero-order chi connectivity index (χ0) is 14.6. The van der Waals surface area contributed by atoms with E-state index in [9.17, 15) is 0 Å². The fraction of sp³-hybridized carbons (Fsp3) is 0.667. The topological polar surface area (TPSA) is 3.24 Å². The first-order valence-corrected chi connectivity index (χ1v) is 8.40. The zero-order valence-electron chi connectivity index (χ0n) is 13.2. The van der Waals surface area contributed by atoms with Crippen molar-refractivity contribution in [2.75, 3.05) is 19.0 Å². The maximum atomic E-state index is 5.88. The molecule has 2 heteroatoms. The molecule has 1 atom stereocenters. The van der Waals surface area contributed by atoms with Crippen LogP contribution >= 0.6 is 11.6 Å². The lowest BCUT2D eigenvalue weighted by molar-refractivity contribution is 0.165. The first kappa shape index (κ1) is 15.9. The first-order valence-electron chi connectivity index (χ1n) is 7.87. The Labute approximate surface area is 129 Å². The van der Waals surface area contributed by atoms with E-state index in [0.717, 1.165) is 18.3 Å². The molecule has 2 rings (SSSR count). The van der Waals surface area contributed by atoms with Crippen molar-refractivity contribution in [3.8, 4) is 0 Å². The second kappa shape index (κ2) is 6.95. The first-order chi connectivity index (χ1) is 9.49. The maximum absolute atomic E-state index is 5.88. The van der Waals surface area contributed by atoms with Crippen LogP contribution in [0.15, 0.2) is 24.3 Å². The predicted octanol–water partition coefficient (Wildman–Crippen LogP) is 4.83. The van der Waals surface area contributed by atoms with Gasteiger partial charge in [0, 0.05) is 19.0 Å². The minimum atomic E-state index is 0.245. The summed E-state index contributed by atoms with van der Waals surface area (Å²) in [6.45, 7) is 10.3. The van der Waals surface area contributed by atoms with Crippen LogP contribution in [0.4, 0.5) is 0 Å². The van der Waals surface area contributed by atoms with Gasteiger partial charge in [0.25, 0.3) is 0 Å². The molecule has 20 heavy (non-hydrogen) atoms. The number of benzene rings is 1. The highest BCUT2D eigenvalue weighted by Crippen LogP contribution is 2.24. The molecule has 1 unspecified atom stereocenters. The highest BCUT2D eigenvalue weighted by atomic mass is 35.5. The molecule has 1 aromatic rings. The average Bonchev–Trinajstić information content (AvgIpc) is 2.39. The van der Waals surface area contributed by atoms with Crippen LogP contribution in [0.3, 0.4) is 0 Å². The zero-order valence-corrected chi connectivity index (χ0v) is 13.9. The Kier molecular flexibility index (Phi) is 5.51. The Morgan fingerprint density at radius 1 is 1.20 bits per heavy atom. The summed E-state index contributed by atoms with van der Waals surface area (Å²) in [7, 11) is 0. The molecule has 0 spiro atoms. The third-order valence-corrected chi connectivity index (χ3v) is 4.56. The van der Waals surface area contributed by atoms with E-state index in [1.54, 1.807) is 0 Å². The Hall–Kier alpha value is -0.530. The standard InChI is InChI=1S/C18H28ClN/c1-18(2,3)17-8-6-16(7-9-17)14-20-12-4-5-15(13-20)10-11-19/h6-9,15H,4-5,10-14H2,1-3H3.